The number of hydrogen-bond donors (Lipinski definition) is 1. The molecule has 2 aromatic heterocycles. The molecule has 90 valence electrons. The van der Waals surface area contributed by atoms with E-state index in [1.807, 2.05) is 19.1 Å². The van der Waals surface area contributed by atoms with Crippen molar-refractivity contribution in [2.24, 2.45) is 0 Å². The van der Waals surface area contributed by atoms with Gasteiger partial charge < -0.3 is 9.15 Å². The molecular weight excluding hydrogens is 220 g/mol. The van der Waals surface area contributed by atoms with Crippen molar-refractivity contribution in [3.8, 4) is 11.5 Å². The van der Waals surface area contributed by atoms with Crippen LogP contribution in [0.15, 0.2) is 22.8 Å². The minimum absolute atomic E-state index is 0.226. The highest BCUT2D eigenvalue weighted by Crippen LogP contribution is 2.25. The first-order valence-electron chi connectivity index (χ1n) is 5.37. The lowest BCUT2D eigenvalue weighted by atomic mass is 10.1. The van der Waals surface area contributed by atoms with Gasteiger partial charge in [-0.05, 0) is 25.5 Å². The van der Waals surface area contributed by atoms with Gasteiger partial charge in [0.05, 0.1) is 13.4 Å². The molecule has 0 saturated carbocycles. The van der Waals surface area contributed by atoms with E-state index >= 15 is 0 Å². The van der Waals surface area contributed by atoms with Crippen molar-refractivity contribution in [1.82, 2.24) is 10.2 Å². The molecule has 0 aliphatic carbocycles. The number of hydrogen-bond acceptors (Lipinski definition) is 4. The molecule has 0 atom stereocenters. The second-order valence-electron chi connectivity index (χ2n) is 3.73. The van der Waals surface area contributed by atoms with E-state index in [4.69, 9.17) is 4.42 Å². The molecule has 0 saturated heterocycles. The molecule has 0 radical (unpaired) electrons. The number of nitrogens with one attached hydrogen (secondary N) is 1. The Balaban J connectivity index is 2.21. The summed E-state index contributed by atoms with van der Waals surface area (Å²) in [6.07, 6.45) is 2.53. The van der Waals surface area contributed by atoms with E-state index in [2.05, 4.69) is 14.9 Å². The summed E-state index contributed by atoms with van der Waals surface area (Å²) >= 11 is 0. The Morgan fingerprint density at radius 1 is 1.59 bits per heavy atom. The lowest BCUT2D eigenvalue weighted by Crippen LogP contribution is -2.02. The highest BCUT2D eigenvalue weighted by molar-refractivity contribution is 5.70. The second kappa shape index (κ2) is 4.86. The molecule has 2 heterocycles. The van der Waals surface area contributed by atoms with Crippen LogP contribution >= 0.6 is 0 Å². The Kier molecular flexibility index (Phi) is 3.27. The fraction of sp³-hybridized carbons (Fsp3) is 0.333. The summed E-state index contributed by atoms with van der Waals surface area (Å²) < 4.78 is 9.93. The quantitative estimate of drug-likeness (QED) is 0.822. The van der Waals surface area contributed by atoms with Crippen LogP contribution in [0.25, 0.3) is 11.5 Å². The third-order valence-corrected chi connectivity index (χ3v) is 2.64. The number of aryl methyl sites for hydroxylation is 1. The number of carbonyl (C=O) groups excluding carboxylic acids is 1. The highest BCUT2D eigenvalue weighted by Gasteiger charge is 2.15. The monoisotopic (exact) mass is 234 g/mol. The number of H-pyrrole nitrogens is 1. The van der Waals surface area contributed by atoms with E-state index in [1.54, 1.807) is 6.26 Å². The Labute approximate surface area is 98.8 Å². The maximum atomic E-state index is 11.1. The zero-order valence-electron chi connectivity index (χ0n) is 9.82. The van der Waals surface area contributed by atoms with Crippen molar-refractivity contribution in [2.45, 2.75) is 19.8 Å². The molecule has 0 unspecified atom stereocenters. The second-order valence-corrected chi connectivity index (χ2v) is 3.73. The molecular formula is C12H14N2O3. The van der Waals surface area contributed by atoms with Crippen molar-refractivity contribution >= 4 is 5.97 Å². The van der Waals surface area contributed by atoms with Crippen LogP contribution in [-0.2, 0) is 16.0 Å². The summed E-state index contributed by atoms with van der Waals surface area (Å²) in [4.78, 5) is 11.1. The average molecular weight is 234 g/mol. The van der Waals surface area contributed by atoms with Gasteiger partial charge in [-0.2, -0.15) is 5.10 Å². The smallest absolute Gasteiger partial charge is 0.305 e. The first-order chi connectivity index (χ1) is 8.22. The number of methoxy groups -OCH3 is 1. The first-order valence-corrected chi connectivity index (χ1v) is 5.37. The van der Waals surface area contributed by atoms with Gasteiger partial charge in [-0.1, -0.05) is 0 Å². The van der Waals surface area contributed by atoms with E-state index in [-0.39, 0.29) is 5.97 Å². The van der Waals surface area contributed by atoms with Crippen LogP contribution in [0.2, 0.25) is 0 Å². The Bertz CT molecular complexity index is 500. The molecule has 2 rings (SSSR count). The minimum Gasteiger partial charge on any atom is -0.469 e. The van der Waals surface area contributed by atoms with Crippen LogP contribution in [0.5, 0.6) is 0 Å². The lowest BCUT2D eigenvalue weighted by molar-refractivity contribution is -0.140. The molecule has 0 aliphatic rings. The minimum atomic E-state index is -0.226. The van der Waals surface area contributed by atoms with Crippen LogP contribution in [0.4, 0.5) is 0 Å². The Hall–Kier alpha value is -2.04. The number of aromatic amines is 1. The molecule has 17 heavy (non-hydrogen) atoms. The van der Waals surface area contributed by atoms with Gasteiger partial charge in [-0.25, -0.2) is 0 Å². The van der Waals surface area contributed by atoms with Gasteiger partial charge in [0.2, 0.25) is 0 Å². The van der Waals surface area contributed by atoms with Gasteiger partial charge >= 0.3 is 5.97 Å². The van der Waals surface area contributed by atoms with Crippen LogP contribution in [0.3, 0.4) is 0 Å². The predicted molar refractivity (Wildman–Crippen MR) is 61.4 cm³/mol. The van der Waals surface area contributed by atoms with E-state index in [0.717, 1.165) is 17.0 Å². The lowest BCUT2D eigenvalue weighted by Gasteiger charge is -2.01. The maximum absolute atomic E-state index is 11.1. The van der Waals surface area contributed by atoms with Crippen molar-refractivity contribution in [2.75, 3.05) is 7.11 Å². The van der Waals surface area contributed by atoms with Gasteiger partial charge in [0, 0.05) is 17.7 Å². The number of esters is 1. The number of aromatic nitrogens is 2. The molecule has 2 aromatic rings. The fourth-order valence-corrected chi connectivity index (χ4v) is 1.70. The number of furan rings is 1. The molecule has 0 fully saturated rings. The highest BCUT2D eigenvalue weighted by atomic mass is 16.5. The van der Waals surface area contributed by atoms with E-state index in [9.17, 15) is 4.79 Å². The van der Waals surface area contributed by atoms with E-state index in [1.165, 1.54) is 7.11 Å². The van der Waals surface area contributed by atoms with Gasteiger partial charge in [0.1, 0.15) is 5.69 Å². The van der Waals surface area contributed by atoms with Gasteiger partial charge in [-0.15, -0.1) is 0 Å². The SMILES string of the molecule is COC(=O)CCc1c(-c2ccco2)n[nH]c1C. The maximum Gasteiger partial charge on any atom is 0.305 e. The largest absolute Gasteiger partial charge is 0.469 e. The topological polar surface area (TPSA) is 68.1 Å². The summed E-state index contributed by atoms with van der Waals surface area (Å²) in [5, 5.41) is 7.10. The van der Waals surface area contributed by atoms with Gasteiger partial charge in [-0.3, -0.25) is 9.89 Å². The zero-order chi connectivity index (χ0) is 12.3. The average Bonchev–Trinajstić information content (AvgIpc) is 2.95. The third kappa shape index (κ3) is 2.38. The molecule has 1 N–H and O–H groups in total. The molecule has 5 nitrogen and oxygen atoms in total. The zero-order valence-corrected chi connectivity index (χ0v) is 9.82. The summed E-state index contributed by atoms with van der Waals surface area (Å²) in [5.74, 6) is 0.477. The van der Waals surface area contributed by atoms with Gasteiger partial charge in [0.25, 0.3) is 0 Å². The van der Waals surface area contributed by atoms with Crippen molar-refractivity contribution in [3.05, 3.63) is 29.7 Å². The van der Waals surface area contributed by atoms with Gasteiger partial charge in [0.15, 0.2) is 5.76 Å². The molecule has 5 heteroatoms. The Morgan fingerprint density at radius 2 is 2.41 bits per heavy atom. The molecule has 0 amide bonds. The number of carbonyl (C=O) groups is 1. The number of ether oxygens (including phenoxy) is 1. The van der Waals surface area contributed by atoms with Crippen LogP contribution in [0, 0.1) is 6.92 Å². The number of nitrogens with zero attached hydrogens (tertiary/aromatic N) is 1. The third-order valence-electron chi connectivity index (χ3n) is 2.64. The molecule has 0 bridgehead atoms. The molecule has 0 aliphatic heterocycles. The van der Waals surface area contributed by atoms with Crippen molar-refractivity contribution in [1.29, 1.82) is 0 Å². The fourth-order valence-electron chi connectivity index (χ4n) is 1.70. The van der Waals surface area contributed by atoms with Crippen LogP contribution < -0.4 is 0 Å². The van der Waals surface area contributed by atoms with Crippen molar-refractivity contribution in [3.63, 3.8) is 0 Å². The molecule has 0 spiro atoms. The molecule has 0 aromatic carbocycles. The number of rotatable bonds is 4. The summed E-state index contributed by atoms with van der Waals surface area (Å²) in [5.41, 5.74) is 2.70. The van der Waals surface area contributed by atoms with Crippen molar-refractivity contribution < 1.29 is 13.9 Å². The van der Waals surface area contributed by atoms with E-state index in [0.29, 0.717) is 18.6 Å². The first kappa shape index (κ1) is 11.4. The van der Waals surface area contributed by atoms with Crippen LogP contribution in [0.1, 0.15) is 17.7 Å². The van der Waals surface area contributed by atoms with E-state index < -0.39 is 0 Å². The summed E-state index contributed by atoms with van der Waals surface area (Å²) in [7, 11) is 1.39. The normalized spacial score (nSPS) is 10.5. The Morgan fingerprint density at radius 3 is 3.06 bits per heavy atom. The predicted octanol–water partition coefficient (Wildman–Crippen LogP) is 2.08. The summed E-state index contributed by atoms with van der Waals surface area (Å²) in [6, 6.07) is 3.65. The van der Waals surface area contributed by atoms with Crippen LogP contribution in [-0.4, -0.2) is 23.3 Å². The standard InChI is InChI=1S/C12H14N2O3/c1-8-9(5-6-11(15)16-2)12(14-13-8)10-4-3-7-17-10/h3-4,7H,5-6H2,1-2H3,(H,13,14). The summed E-state index contributed by atoms with van der Waals surface area (Å²) in [6.45, 7) is 1.92.